The molecular weight excluding hydrogens is 292 g/mol. The number of hydrogen-bond acceptors (Lipinski definition) is 3. The van der Waals surface area contributed by atoms with Gasteiger partial charge in [0, 0.05) is 12.6 Å². The van der Waals surface area contributed by atoms with Gasteiger partial charge in [-0.3, -0.25) is 9.59 Å². The topological polar surface area (TPSA) is 67.4 Å². The highest BCUT2D eigenvalue weighted by molar-refractivity contribution is 6.01. The van der Waals surface area contributed by atoms with E-state index in [1.807, 2.05) is 37.3 Å². The van der Waals surface area contributed by atoms with Crippen LogP contribution < -0.4 is 15.4 Å². The van der Waals surface area contributed by atoms with E-state index in [1.165, 1.54) is 0 Å². The Balaban J connectivity index is 1.83. The van der Waals surface area contributed by atoms with Crippen molar-refractivity contribution < 1.29 is 14.3 Å². The third-order valence-corrected chi connectivity index (χ3v) is 3.73. The molecule has 1 aliphatic carbocycles. The van der Waals surface area contributed by atoms with Gasteiger partial charge in [0.2, 0.25) is 0 Å². The van der Waals surface area contributed by atoms with Crippen molar-refractivity contribution >= 4 is 22.6 Å². The molecule has 2 N–H and O–H groups in total. The molecule has 5 heteroatoms. The van der Waals surface area contributed by atoms with Gasteiger partial charge in [-0.15, -0.1) is 0 Å². The summed E-state index contributed by atoms with van der Waals surface area (Å²) in [5.74, 6) is 0.0824. The molecule has 0 heterocycles. The summed E-state index contributed by atoms with van der Waals surface area (Å²) < 4.78 is 5.63. The molecule has 0 saturated heterocycles. The van der Waals surface area contributed by atoms with Crippen LogP contribution in [0.25, 0.3) is 10.8 Å². The maximum atomic E-state index is 12.2. The summed E-state index contributed by atoms with van der Waals surface area (Å²) in [6, 6.07) is 11.7. The molecular formula is C18H20N2O3. The number of fused-ring (bicyclic) bond motifs is 1. The lowest BCUT2D eigenvalue weighted by Gasteiger charge is -2.13. The van der Waals surface area contributed by atoms with Crippen LogP contribution >= 0.6 is 0 Å². The summed E-state index contributed by atoms with van der Waals surface area (Å²) in [6.45, 7) is 2.32. The first-order chi connectivity index (χ1) is 11.2. The predicted octanol–water partition coefficient (Wildman–Crippen LogP) is 2.25. The van der Waals surface area contributed by atoms with Crippen molar-refractivity contribution in [3.05, 3.63) is 42.0 Å². The van der Waals surface area contributed by atoms with Gasteiger partial charge in [-0.25, -0.2) is 0 Å². The number of carbonyl (C=O) groups excluding carboxylic acids is 2. The van der Waals surface area contributed by atoms with E-state index >= 15 is 0 Å². The highest BCUT2D eigenvalue weighted by Crippen LogP contribution is 2.26. The van der Waals surface area contributed by atoms with E-state index < -0.39 is 0 Å². The van der Waals surface area contributed by atoms with Crippen molar-refractivity contribution in [3.8, 4) is 5.75 Å². The van der Waals surface area contributed by atoms with Crippen LogP contribution in [0.3, 0.4) is 0 Å². The molecule has 2 aromatic rings. The molecule has 1 saturated carbocycles. The molecule has 1 aliphatic rings. The van der Waals surface area contributed by atoms with Crippen molar-refractivity contribution in [1.29, 1.82) is 0 Å². The molecule has 5 nitrogen and oxygen atoms in total. The average molecular weight is 312 g/mol. The zero-order chi connectivity index (χ0) is 16.2. The van der Waals surface area contributed by atoms with Gasteiger partial charge in [-0.1, -0.05) is 24.3 Å². The Morgan fingerprint density at radius 3 is 2.52 bits per heavy atom. The summed E-state index contributed by atoms with van der Waals surface area (Å²) in [6.07, 6.45) is 2.07. The molecule has 0 spiro atoms. The predicted molar refractivity (Wildman–Crippen MR) is 88.6 cm³/mol. The summed E-state index contributed by atoms with van der Waals surface area (Å²) in [5.41, 5.74) is 0.449. The average Bonchev–Trinajstić information content (AvgIpc) is 3.36. The number of benzene rings is 2. The van der Waals surface area contributed by atoms with Crippen molar-refractivity contribution in [2.75, 3.05) is 13.2 Å². The maximum Gasteiger partial charge on any atom is 0.258 e. The fraction of sp³-hybridized carbons (Fsp3) is 0.333. The maximum absolute atomic E-state index is 12.2. The van der Waals surface area contributed by atoms with E-state index in [0.29, 0.717) is 23.9 Å². The van der Waals surface area contributed by atoms with Crippen LogP contribution in [0.15, 0.2) is 36.4 Å². The van der Waals surface area contributed by atoms with Crippen molar-refractivity contribution in [2.45, 2.75) is 25.8 Å². The van der Waals surface area contributed by atoms with Crippen molar-refractivity contribution in [1.82, 2.24) is 10.6 Å². The quantitative estimate of drug-likeness (QED) is 0.859. The second kappa shape index (κ2) is 6.69. The number of carbonyl (C=O) groups is 2. The molecule has 3 rings (SSSR count). The lowest BCUT2D eigenvalue weighted by molar-refractivity contribution is -0.123. The Bertz CT molecular complexity index is 738. The number of nitrogens with one attached hydrogen (secondary N) is 2. The number of amides is 2. The van der Waals surface area contributed by atoms with Crippen molar-refractivity contribution in [2.24, 2.45) is 0 Å². The van der Waals surface area contributed by atoms with Crippen LogP contribution in [-0.2, 0) is 4.79 Å². The molecule has 0 aromatic heterocycles. The standard InChI is InChI=1S/C18H20N2O3/c1-2-19-18(22)15-9-12-5-3-4-6-13(12)10-16(15)23-11-17(21)20-14-7-8-14/h3-6,9-10,14H,2,7-8,11H2,1H3,(H,19,22)(H,20,21). The van der Waals surface area contributed by atoms with Gasteiger partial charge in [-0.05, 0) is 42.7 Å². The van der Waals surface area contributed by atoms with Gasteiger partial charge in [0.15, 0.2) is 6.61 Å². The molecule has 0 aliphatic heterocycles. The molecule has 2 amide bonds. The van der Waals surface area contributed by atoms with Crippen LogP contribution in [0, 0.1) is 0 Å². The van der Waals surface area contributed by atoms with Crippen LogP contribution in [0.5, 0.6) is 5.75 Å². The second-order valence-corrected chi connectivity index (χ2v) is 5.69. The van der Waals surface area contributed by atoms with E-state index in [1.54, 1.807) is 6.07 Å². The Hall–Kier alpha value is -2.56. The lowest BCUT2D eigenvalue weighted by atomic mass is 10.1. The summed E-state index contributed by atoms with van der Waals surface area (Å²) >= 11 is 0. The largest absolute Gasteiger partial charge is 0.483 e. The van der Waals surface area contributed by atoms with Crippen LogP contribution in [0.2, 0.25) is 0 Å². The van der Waals surface area contributed by atoms with Gasteiger partial charge in [0.05, 0.1) is 5.56 Å². The lowest BCUT2D eigenvalue weighted by Crippen LogP contribution is -2.31. The van der Waals surface area contributed by atoms with E-state index in [0.717, 1.165) is 23.6 Å². The second-order valence-electron chi connectivity index (χ2n) is 5.69. The van der Waals surface area contributed by atoms with Crippen LogP contribution in [0.4, 0.5) is 0 Å². The van der Waals surface area contributed by atoms with Gasteiger partial charge >= 0.3 is 0 Å². The van der Waals surface area contributed by atoms with Crippen LogP contribution in [-0.4, -0.2) is 31.0 Å². The Morgan fingerprint density at radius 2 is 1.87 bits per heavy atom. The Morgan fingerprint density at radius 1 is 1.17 bits per heavy atom. The zero-order valence-electron chi connectivity index (χ0n) is 13.1. The van der Waals surface area contributed by atoms with Crippen molar-refractivity contribution in [3.63, 3.8) is 0 Å². The smallest absolute Gasteiger partial charge is 0.258 e. The molecule has 0 atom stereocenters. The molecule has 120 valence electrons. The SMILES string of the molecule is CCNC(=O)c1cc2ccccc2cc1OCC(=O)NC1CC1. The number of ether oxygens (including phenoxy) is 1. The zero-order valence-corrected chi connectivity index (χ0v) is 13.1. The first-order valence-electron chi connectivity index (χ1n) is 7.90. The number of hydrogen-bond donors (Lipinski definition) is 2. The van der Waals surface area contributed by atoms with E-state index in [2.05, 4.69) is 10.6 Å². The van der Waals surface area contributed by atoms with E-state index in [-0.39, 0.29) is 18.4 Å². The van der Waals surface area contributed by atoms with E-state index in [4.69, 9.17) is 4.74 Å². The third kappa shape index (κ3) is 3.80. The molecule has 0 unspecified atom stereocenters. The molecule has 23 heavy (non-hydrogen) atoms. The van der Waals surface area contributed by atoms with Crippen LogP contribution in [0.1, 0.15) is 30.1 Å². The third-order valence-electron chi connectivity index (χ3n) is 3.73. The minimum Gasteiger partial charge on any atom is -0.483 e. The van der Waals surface area contributed by atoms with Gasteiger partial charge in [0.1, 0.15) is 5.75 Å². The minimum atomic E-state index is -0.198. The van der Waals surface area contributed by atoms with Gasteiger partial charge in [-0.2, -0.15) is 0 Å². The summed E-state index contributed by atoms with van der Waals surface area (Å²) in [4.78, 5) is 24.1. The highest BCUT2D eigenvalue weighted by atomic mass is 16.5. The summed E-state index contributed by atoms with van der Waals surface area (Å²) in [7, 11) is 0. The highest BCUT2D eigenvalue weighted by Gasteiger charge is 2.23. The number of rotatable bonds is 6. The fourth-order valence-corrected chi connectivity index (χ4v) is 2.41. The van der Waals surface area contributed by atoms with E-state index in [9.17, 15) is 9.59 Å². The molecule has 0 bridgehead atoms. The summed E-state index contributed by atoms with van der Waals surface area (Å²) in [5, 5.41) is 7.58. The Kier molecular flexibility index (Phi) is 4.46. The molecule has 1 fully saturated rings. The first kappa shape index (κ1) is 15.3. The fourth-order valence-electron chi connectivity index (χ4n) is 2.41. The minimum absolute atomic E-state index is 0.0821. The van der Waals surface area contributed by atoms with Gasteiger partial charge < -0.3 is 15.4 Å². The molecule has 2 aromatic carbocycles. The monoisotopic (exact) mass is 312 g/mol. The Labute approximate surface area is 135 Å². The first-order valence-corrected chi connectivity index (χ1v) is 7.90. The van der Waals surface area contributed by atoms with Gasteiger partial charge in [0.25, 0.3) is 11.8 Å². The normalized spacial score (nSPS) is 13.6. The molecule has 0 radical (unpaired) electrons.